The first kappa shape index (κ1) is 12.8. The van der Waals surface area contributed by atoms with Crippen molar-refractivity contribution in [2.75, 3.05) is 0 Å². The Hall–Kier alpha value is -0.206. The summed E-state index contributed by atoms with van der Waals surface area (Å²) in [5.41, 5.74) is 0.566. The molecule has 0 aromatic heterocycles. The van der Waals surface area contributed by atoms with Crippen LogP contribution in [-0.4, -0.2) is 6.41 Å². The molecule has 0 atom stereocenters. The van der Waals surface area contributed by atoms with Crippen molar-refractivity contribution in [3.63, 3.8) is 0 Å². The van der Waals surface area contributed by atoms with Gasteiger partial charge in [0, 0.05) is 38.2 Å². The summed E-state index contributed by atoms with van der Waals surface area (Å²) in [5, 5.41) is 2.60. The molecule has 0 saturated carbocycles. The largest absolute Gasteiger partial charge is 0.523 e. The van der Waals surface area contributed by atoms with E-state index in [0.717, 1.165) is 5.56 Å². The van der Waals surface area contributed by atoms with Gasteiger partial charge in [-0.3, -0.25) is 0 Å². The van der Waals surface area contributed by atoms with E-state index in [1.807, 2.05) is 38.1 Å². The molecule has 1 N–H and O–H groups in total. The van der Waals surface area contributed by atoms with Crippen molar-refractivity contribution in [1.82, 2.24) is 5.32 Å². The van der Waals surface area contributed by atoms with E-state index in [-0.39, 0.29) is 38.2 Å². The molecule has 1 aromatic carbocycles. The molecule has 0 fully saturated rings. The Morgan fingerprint density at radius 2 is 2.15 bits per heavy atom. The summed E-state index contributed by atoms with van der Waals surface area (Å²) >= 11 is 0. The van der Waals surface area contributed by atoms with Crippen LogP contribution >= 0.6 is 0 Å². The summed E-state index contributed by atoms with van der Waals surface area (Å²) in [4.78, 5) is 10.1. The van der Waals surface area contributed by atoms with E-state index < -0.39 is 0 Å². The van der Waals surface area contributed by atoms with Crippen LogP contribution in [0.15, 0.2) is 24.3 Å². The van der Waals surface area contributed by atoms with E-state index in [1.165, 1.54) is 0 Å². The molecule has 0 saturated heterocycles. The molecular weight excluding hydrogens is 239 g/mol. The quantitative estimate of drug-likeness (QED) is 0.637. The van der Waals surface area contributed by atoms with Gasteiger partial charge in [-0.15, -0.1) is 5.56 Å². The molecule has 3 heteroatoms. The molecule has 0 aliphatic rings. The summed E-state index contributed by atoms with van der Waals surface area (Å²) in [6.07, 6.45) is 1.69. The van der Waals surface area contributed by atoms with Gasteiger partial charge in [-0.05, 0) is 13.8 Å². The Bertz CT molecular complexity index is 259. The van der Waals surface area contributed by atoms with Gasteiger partial charge in [0.1, 0.15) is 0 Å². The van der Waals surface area contributed by atoms with Gasteiger partial charge in [0.25, 0.3) is 0 Å². The predicted molar refractivity (Wildman–Crippen MR) is 47.1 cm³/mol. The van der Waals surface area contributed by atoms with E-state index in [4.69, 9.17) is 0 Å². The van der Waals surface area contributed by atoms with E-state index in [1.54, 1.807) is 6.41 Å². The van der Waals surface area contributed by atoms with Crippen molar-refractivity contribution < 1.29 is 37.5 Å². The Balaban J connectivity index is 0.00000144. The van der Waals surface area contributed by atoms with Crippen molar-refractivity contribution in [2.45, 2.75) is 19.4 Å². The molecule has 0 aliphatic carbocycles. The van der Waals surface area contributed by atoms with Crippen molar-refractivity contribution in [3.05, 3.63) is 35.9 Å². The van der Waals surface area contributed by atoms with E-state index >= 15 is 0 Å². The van der Waals surface area contributed by atoms with Gasteiger partial charge in [0.05, 0.1) is 0 Å². The third kappa shape index (κ3) is 3.57. The molecule has 67 valence electrons. The fourth-order valence-corrected chi connectivity index (χ4v) is 0.977. The fraction of sp³-hybridized carbons (Fsp3) is 0.300. The zero-order chi connectivity index (χ0) is 9.03. The summed E-state index contributed by atoms with van der Waals surface area (Å²) in [7, 11) is 0. The molecule has 1 radical (unpaired) electrons. The van der Waals surface area contributed by atoms with Gasteiger partial charge in [-0.2, -0.15) is 36.7 Å². The van der Waals surface area contributed by atoms with Crippen LogP contribution in [0.25, 0.3) is 0 Å². The molecule has 1 amide bonds. The Kier molecular flexibility index (Phi) is 5.42. The number of hydrogen-bond acceptors (Lipinski definition) is 1. The van der Waals surface area contributed by atoms with Crippen LogP contribution in [0, 0.1) is 6.07 Å². The van der Waals surface area contributed by atoms with Gasteiger partial charge in [-0.25, -0.2) is 0 Å². The fourth-order valence-electron chi connectivity index (χ4n) is 0.977. The maximum atomic E-state index is 10.1. The molecule has 2 nitrogen and oxygen atoms in total. The molecular formula is C10H11NOY-2. The van der Waals surface area contributed by atoms with Crippen molar-refractivity contribution in [2.24, 2.45) is 0 Å². The topological polar surface area (TPSA) is 29.1 Å². The smallest absolute Gasteiger partial charge is 0.00625 e. The SMILES string of the molecule is CC(C)(N[C-]=O)c1[c-]cccc1.[Y]. The summed E-state index contributed by atoms with van der Waals surface area (Å²) < 4.78 is 0. The van der Waals surface area contributed by atoms with E-state index in [9.17, 15) is 4.79 Å². The maximum absolute atomic E-state index is 10.1. The van der Waals surface area contributed by atoms with Gasteiger partial charge in [0.15, 0.2) is 0 Å². The number of hydrogen-bond donors (Lipinski definition) is 1. The van der Waals surface area contributed by atoms with Crippen LogP contribution in [0.4, 0.5) is 0 Å². The monoisotopic (exact) mass is 250 g/mol. The molecule has 0 bridgehead atoms. The average molecular weight is 250 g/mol. The summed E-state index contributed by atoms with van der Waals surface area (Å²) in [6.45, 7) is 3.81. The first-order valence-electron chi connectivity index (χ1n) is 3.78. The summed E-state index contributed by atoms with van der Waals surface area (Å²) in [6, 6.07) is 10.6. The molecule has 0 aliphatic heterocycles. The normalized spacial score (nSPS) is 10.0. The van der Waals surface area contributed by atoms with Crippen molar-refractivity contribution >= 4 is 6.41 Å². The minimum Gasteiger partial charge on any atom is -0.523 e. The number of carbonyl (C=O) groups excluding carboxylic acids is 1. The minimum atomic E-state index is -0.386. The van der Waals surface area contributed by atoms with Crippen LogP contribution in [0.2, 0.25) is 0 Å². The second kappa shape index (κ2) is 5.51. The van der Waals surface area contributed by atoms with Crippen molar-refractivity contribution in [3.8, 4) is 0 Å². The van der Waals surface area contributed by atoms with E-state index in [2.05, 4.69) is 11.4 Å². The second-order valence-electron chi connectivity index (χ2n) is 3.13. The standard InChI is InChI=1S/C10H11NO.Y/c1-10(2,11-8-12)9-6-4-3-5-7-9;/h3-6H,1-2H3,(H,11,12);/q-2;. The third-order valence-electron chi connectivity index (χ3n) is 1.75. The van der Waals surface area contributed by atoms with Gasteiger partial charge < -0.3 is 10.1 Å². The number of nitrogens with one attached hydrogen (secondary N) is 1. The maximum Gasteiger partial charge on any atom is 0.00625 e. The van der Waals surface area contributed by atoms with Crippen molar-refractivity contribution in [1.29, 1.82) is 0 Å². The van der Waals surface area contributed by atoms with Gasteiger partial charge in [-0.1, -0.05) is 0 Å². The molecule has 0 spiro atoms. The zero-order valence-electron chi connectivity index (χ0n) is 7.79. The zero-order valence-corrected chi connectivity index (χ0v) is 10.6. The average Bonchev–Trinajstić information content (AvgIpc) is 2.06. The predicted octanol–water partition coefficient (Wildman–Crippen LogP) is 1.38. The first-order valence-corrected chi connectivity index (χ1v) is 3.78. The van der Waals surface area contributed by atoms with Crippen LogP contribution in [-0.2, 0) is 43.0 Å². The van der Waals surface area contributed by atoms with Gasteiger partial charge >= 0.3 is 0 Å². The number of benzene rings is 1. The minimum absolute atomic E-state index is 0. The second-order valence-corrected chi connectivity index (χ2v) is 3.13. The molecule has 0 unspecified atom stereocenters. The number of amides is 1. The van der Waals surface area contributed by atoms with Gasteiger partial charge in [0.2, 0.25) is 0 Å². The molecule has 0 heterocycles. The molecule has 13 heavy (non-hydrogen) atoms. The molecule has 1 rings (SSSR count). The third-order valence-corrected chi connectivity index (χ3v) is 1.75. The van der Waals surface area contributed by atoms with E-state index in [0.29, 0.717) is 0 Å². The number of rotatable bonds is 3. The Labute approximate surface area is 104 Å². The van der Waals surface area contributed by atoms with Crippen LogP contribution in [0.1, 0.15) is 19.4 Å². The van der Waals surface area contributed by atoms with Crippen LogP contribution < -0.4 is 5.32 Å². The van der Waals surface area contributed by atoms with Crippen LogP contribution in [0.5, 0.6) is 0 Å². The Morgan fingerprint density at radius 1 is 1.46 bits per heavy atom. The first-order chi connectivity index (χ1) is 5.67. The van der Waals surface area contributed by atoms with Crippen LogP contribution in [0.3, 0.4) is 0 Å². The molecule has 1 aromatic rings. The Morgan fingerprint density at radius 3 is 2.62 bits per heavy atom. The summed E-state index contributed by atoms with van der Waals surface area (Å²) in [5.74, 6) is 0.